The van der Waals surface area contributed by atoms with E-state index >= 15 is 0 Å². The summed E-state index contributed by atoms with van der Waals surface area (Å²) in [5, 5.41) is 5.27. The molecule has 46 heavy (non-hydrogen) atoms. The number of anilines is 1. The fourth-order valence-electron chi connectivity index (χ4n) is 6.60. The first-order chi connectivity index (χ1) is 22.3. The fraction of sp³-hybridized carbons (Fsp3) is 0.135. The highest BCUT2D eigenvalue weighted by molar-refractivity contribution is 7.90. The summed E-state index contributed by atoms with van der Waals surface area (Å²) in [5.74, 6) is -1.11. The number of amidine groups is 1. The molecule has 0 aliphatic carbocycles. The summed E-state index contributed by atoms with van der Waals surface area (Å²) in [4.78, 5) is 21.4. The number of hydrogen-bond acceptors (Lipinski definition) is 4. The first-order valence-corrected chi connectivity index (χ1v) is 16.7. The van der Waals surface area contributed by atoms with Crippen LogP contribution in [-0.2, 0) is 31.7 Å². The van der Waals surface area contributed by atoms with Gasteiger partial charge >= 0.3 is 0 Å². The maximum absolute atomic E-state index is 14.9. The van der Waals surface area contributed by atoms with Gasteiger partial charge in [0.15, 0.2) is 0 Å². The van der Waals surface area contributed by atoms with Crippen molar-refractivity contribution in [2.45, 2.75) is 35.8 Å². The number of sulfonamides is 1. The molecular formula is C37H30ClN3O4S. The number of nitrogens with one attached hydrogen (secondary N) is 1. The van der Waals surface area contributed by atoms with E-state index in [1.54, 1.807) is 36.4 Å². The summed E-state index contributed by atoms with van der Waals surface area (Å²) in [5.41, 5.74) is 3.29. The van der Waals surface area contributed by atoms with Crippen molar-refractivity contribution in [3.63, 3.8) is 0 Å². The molecule has 2 aliphatic heterocycles. The highest BCUT2D eigenvalue weighted by Gasteiger charge is 2.67. The van der Waals surface area contributed by atoms with Crippen LogP contribution in [0, 0.1) is 6.92 Å². The summed E-state index contributed by atoms with van der Waals surface area (Å²) in [7, 11) is -4.22. The number of aryl methyl sites for hydroxylation is 1. The largest absolute Gasteiger partial charge is 0.342 e. The topological polar surface area (TPSA) is 88.1 Å². The molecule has 1 amide bonds. The molecule has 3 unspecified atom stereocenters. The summed E-state index contributed by atoms with van der Waals surface area (Å²) >= 11 is 6.32. The van der Waals surface area contributed by atoms with Crippen molar-refractivity contribution in [3.05, 3.63) is 166 Å². The molecule has 1 spiro atoms. The SMILES string of the molecule is Cc1ccc(S(=O)(=O)/N=C2\Nc3ccccc3C23C(c2ccc(Cl)cc2)C(=O)N(OCc2ccccc2)C3c2ccccc2)cc1. The molecule has 1 fully saturated rings. The van der Waals surface area contributed by atoms with Gasteiger partial charge in [0.1, 0.15) is 18.5 Å². The number of nitrogens with zero attached hydrogens (tertiary/aromatic N) is 2. The van der Waals surface area contributed by atoms with Gasteiger partial charge < -0.3 is 5.32 Å². The van der Waals surface area contributed by atoms with Gasteiger partial charge in [0, 0.05) is 10.7 Å². The third-order valence-corrected chi connectivity index (χ3v) is 10.2. The van der Waals surface area contributed by atoms with Crippen LogP contribution in [0.15, 0.2) is 143 Å². The zero-order valence-corrected chi connectivity index (χ0v) is 26.4. The summed E-state index contributed by atoms with van der Waals surface area (Å²) in [6.45, 7) is 2.02. The van der Waals surface area contributed by atoms with Crippen LogP contribution < -0.4 is 5.32 Å². The Kier molecular flexibility index (Phi) is 7.72. The number of benzene rings is 5. The third kappa shape index (κ3) is 5.08. The van der Waals surface area contributed by atoms with Crippen LogP contribution >= 0.6 is 11.6 Å². The molecule has 1 N–H and O–H groups in total. The number of rotatable bonds is 7. The fourth-order valence-corrected chi connectivity index (χ4v) is 7.75. The average Bonchev–Trinajstić information content (AvgIpc) is 3.52. The van der Waals surface area contributed by atoms with Crippen molar-refractivity contribution in [2.75, 3.05) is 5.32 Å². The van der Waals surface area contributed by atoms with Gasteiger partial charge in [-0.05, 0) is 59.5 Å². The number of halogens is 1. The molecule has 0 aromatic heterocycles. The van der Waals surface area contributed by atoms with Crippen LogP contribution in [0.2, 0.25) is 5.02 Å². The Morgan fingerprint density at radius 3 is 2.13 bits per heavy atom. The molecule has 0 saturated carbocycles. The molecule has 7 rings (SSSR count). The van der Waals surface area contributed by atoms with E-state index in [1.165, 1.54) is 5.06 Å². The van der Waals surface area contributed by atoms with E-state index in [0.717, 1.165) is 22.3 Å². The highest BCUT2D eigenvalue weighted by Crippen LogP contribution is 2.61. The molecule has 5 aromatic rings. The minimum Gasteiger partial charge on any atom is -0.342 e. The first kappa shape index (κ1) is 29.9. The molecule has 0 bridgehead atoms. The van der Waals surface area contributed by atoms with Crippen molar-refractivity contribution < 1.29 is 18.0 Å². The van der Waals surface area contributed by atoms with Crippen LogP contribution in [-0.4, -0.2) is 25.2 Å². The molecule has 9 heteroatoms. The van der Waals surface area contributed by atoms with Gasteiger partial charge in [0.05, 0.1) is 16.2 Å². The van der Waals surface area contributed by atoms with Gasteiger partial charge in [0.2, 0.25) is 0 Å². The number of para-hydroxylation sites is 1. The number of amides is 1. The predicted molar refractivity (Wildman–Crippen MR) is 179 cm³/mol. The van der Waals surface area contributed by atoms with Crippen molar-refractivity contribution in [1.82, 2.24) is 5.06 Å². The lowest BCUT2D eigenvalue weighted by atomic mass is 9.64. The van der Waals surface area contributed by atoms with E-state index in [2.05, 4.69) is 9.71 Å². The van der Waals surface area contributed by atoms with Gasteiger partial charge in [0.25, 0.3) is 15.9 Å². The van der Waals surface area contributed by atoms with Gasteiger partial charge in [-0.2, -0.15) is 8.42 Å². The van der Waals surface area contributed by atoms with E-state index in [1.807, 2.05) is 104 Å². The summed E-state index contributed by atoms with van der Waals surface area (Å²) < 4.78 is 32.6. The Hall–Kier alpha value is -4.76. The van der Waals surface area contributed by atoms with Gasteiger partial charge in [-0.15, -0.1) is 4.40 Å². The lowest BCUT2D eigenvalue weighted by Crippen LogP contribution is -2.44. The zero-order chi connectivity index (χ0) is 31.9. The Labute approximate surface area is 273 Å². The molecule has 2 heterocycles. The lowest BCUT2D eigenvalue weighted by molar-refractivity contribution is -0.198. The minimum absolute atomic E-state index is 0.0549. The summed E-state index contributed by atoms with van der Waals surface area (Å²) in [6, 6.07) is 39.5. The second-order valence-corrected chi connectivity index (χ2v) is 13.5. The van der Waals surface area contributed by atoms with Crippen LogP contribution in [0.25, 0.3) is 0 Å². The Morgan fingerprint density at radius 2 is 1.43 bits per heavy atom. The Morgan fingerprint density at radius 1 is 0.804 bits per heavy atom. The molecule has 3 atom stereocenters. The van der Waals surface area contributed by atoms with Crippen LogP contribution in [0.5, 0.6) is 0 Å². The van der Waals surface area contributed by atoms with E-state index in [9.17, 15) is 13.2 Å². The third-order valence-electron chi connectivity index (χ3n) is 8.67. The molecule has 2 aliphatic rings. The molecule has 5 aromatic carbocycles. The van der Waals surface area contributed by atoms with E-state index < -0.39 is 27.4 Å². The Balaban J connectivity index is 1.51. The maximum atomic E-state index is 14.9. The van der Waals surface area contributed by atoms with E-state index in [-0.39, 0.29) is 23.2 Å². The number of hydroxylamine groups is 2. The lowest BCUT2D eigenvalue weighted by Gasteiger charge is -2.37. The van der Waals surface area contributed by atoms with Gasteiger partial charge in [-0.3, -0.25) is 9.63 Å². The average molecular weight is 648 g/mol. The van der Waals surface area contributed by atoms with Gasteiger partial charge in [-0.1, -0.05) is 120 Å². The monoisotopic (exact) mass is 647 g/mol. The molecule has 0 radical (unpaired) electrons. The normalized spacial score (nSPS) is 21.5. The Bertz CT molecular complexity index is 2040. The number of hydrogen-bond donors (Lipinski definition) is 1. The van der Waals surface area contributed by atoms with Crippen molar-refractivity contribution >= 4 is 39.1 Å². The highest BCUT2D eigenvalue weighted by atomic mass is 35.5. The van der Waals surface area contributed by atoms with E-state index in [0.29, 0.717) is 16.3 Å². The standard InChI is InChI=1S/C37H30ClN3O4S/c1-25-16-22-30(23-17-25)46(43,44)40-36-37(31-14-8-9-15-32(31)39-36)33(27-18-20-29(38)21-19-27)35(42)41(34(37)28-12-6-3-7-13-28)45-24-26-10-4-2-5-11-26/h2-23,33-34H,24H2,1H3,(H,39,40). The number of carbonyl (C=O) groups is 1. The molecule has 7 nitrogen and oxygen atoms in total. The molecule has 230 valence electrons. The molecular weight excluding hydrogens is 618 g/mol. The number of fused-ring (bicyclic) bond motifs is 2. The first-order valence-electron chi connectivity index (χ1n) is 14.9. The smallest absolute Gasteiger partial charge is 0.283 e. The zero-order valence-electron chi connectivity index (χ0n) is 24.9. The van der Waals surface area contributed by atoms with Gasteiger partial charge in [-0.25, -0.2) is 5.06 Å². The second kappa shape index (κ2) is 11.9. The second-order valence-electron chi connectivity index (χ2n) is 11.5. The quantitative estimate of drug-likeness (QED) is 0.197. The van der Waals surface area contributed by atoms with E-state index in [4.69, 9.17) is 16.4 Å². The van der Waals surface area contributed by atoms with Crippen LogP contribution in [0.3, 0.4) is 0 Å². The summed E-state index contributed by atoms with van der Waals surface area (Å²) in [6.07, 6.45) is 0. The van der Waals surface area contributed by atoms with Crippen molar-refractivity contribution in [1.29, 1.82) is 0 Å². The maximum Gasteiger partial charge on any atom is 0.283 e. The van der Waals surface area contributed by atoms with Crippen LogP contribution in [0.4, 0.5) is 5.69 Å². The molecule has 1 saturated heterocycles. The number of carbonyl (C=O) groups excluding carboxylic acids is 1. The van der Waals surface area contributed by atoms with Crippen molar-refractivity contribution in [3.8, 4) is 0 Å². The van der Waals surface area contributed by atoms with Crippen molar-refractivity contribution in [2.24, 2.45) is 4.40 Å². The minimum atomic E-state index is -4.22. The predicted octanol–water partition coefficient (Wildman–Crippen LogP) is 7.60. The van der Waals surface area contributed by atoms with Crippen LogP contribution in [0.1, 0.15) is 39.8 Å².